The third kappa shape index (κ3) is 3.63. The lowest BCUT2D eigenvalue weighted by atomic mass is 9.98. The molecule has 110 valence electrons. The number of primary amides is 1. The van der Waals surface area contributed by atoms with Crippen LogP contribution in [-0.2, 0) is 4.79 Å². The number of carbonyl (C=O) groups excluding carboxylic acids is 1. The standard InChI is InChI=1S/C15H22N2O3/c1-11-9-17(10-14(11)15(16)18)6-7-20-13-5-3-4-12(8-13)19-2/h3-5,8,11,14H,6-7,9-10H2,1-2H3,(H2,16,18)/t11-,14-/m1/s1. The first kappa shape index (κ1) is 14.7. The van der Waals surface area contributed by atoms with E-state index in [-0.39, 0.29) is 11.8 Å². The fraction of sp³-hybridized carbons (Fsp3) is 0.533. The molecule has 1 aliphatic rings. The normalized spacial score (nSPS) is 22.7. The van der Waals surface area contributed by atoms with Crippen molar-refractivity contribution in [2.75, 3.05) is 33.4 Å². The summed E-state index contributed by atoms with van der Waals surface area (Å²) in [6.07, 6.45) is 0. The summed E-state index contributed by atoms with van der Waals surface area (Å²) >= 11 is 0. The minimum absolute atomic E-state index is 0.0354. The topological polar surface area (TPSA) is 64.8 Å². The molecule has 20 heavy (non-hydrogen) atoms. The Bertz CT molecular complexity index is 464. The molecule has 1 heterocycles. The number of amides is 1. The fourth-order valence-electron chi connectivity index (χ4n) is 2.60. The molecule has 5 nitrogen and oxygen atoms in total. The third-order valence-corrected chi connectivity index (χ3v) is 3.77. The minimum atomic E-state index is -0.200. The predicted molar refractivity (Wildman–Crippen MR) is 76.8 cm³/mol. The van der Waals surface area contributed by atoms with Gasteiger partial charge in [-0.25, -0.2) is 0 Å². The molecule has 0 saturated carbocycles. The van der Waals surface area contributed by atoms with Crippen molar-refractivity contribution < 1.29 is 14.3 Å². The van der Waals surface area contributed by atoms with Crippen LogP contribution >= 0.6 is 0 Å². The van der Waals surface area contributed by atoms with Gasteiger partial charge in [-0.2, -0.15) is 0 Å². The number of likely N-dealkylation sites (tertiary alicyclic amines) is 1. The van der Waals surface area contributed by atoms with Gasteiger partial charge >= 0.3 is 0 Å². The van der Waals surface area contributed by atoms with Crippen LogP contribution in [0.1, 0.15) is 6.92 Å². The Balaban J connectivity index is 1.77. The second kappa shape index (κ2) is 6.61. The van der Waals surface area contributed by atoms with E-state index in [0.29, 0.717) is 12.5 Å². The van der Waals surface area contributed by atoms with Crippen LogP contribution in [0, 0.1) is 11.8 Å². The van der Waals surface area contributed by atoms with Crippen LogP contribution in [0.3, 0.4) is 0 Å². The van der Waals surface area contributed by atoms with E-state index in [4.69, 9.17) is 15.2 Å². The van der Waals surface area contributed by atoms with Crippen molar-refractivity contribution in [2.24, 2.45) is 17.6 Å². The number of nitrogens with two attached hydrogens (primary N) is 1. The van der Waals surface area contributed by atoms with Crippen LogP contribution in [0.4, 0.5) is 0 Å². The van der Waals surface area contributed by atoms with E-state index < -0.39 is 0 Å². The second-order valence-electron chi connectivity index (χ2n) is 5.27. The van der Waals surface area contributed by atoms with E-state index in [2.05, 4.69) is 11.8 Å². The van der Waals surface area contributed by atoms with Crippen LogP contribution in [0.15, 0.2) is 24.3 Å². The van der Waals surface area contributed by atoms with Crippen LogP contribution in [-0.4, -0.2) is 44.2 Å². The summed E-state index contributed by atoms with van der Waals surface area (Å²) in [7, 11) is 1.63. The molecule has 0 radical (unpaired) electrons. The maximum Gasteiger partial charge on any atom is 0.222 e. The molecular formula is C15H22N2O3. The number of ether oxygens (including phenoxy) is 2. The number of carbonyl (C=O) groups is 1. The molecule has 2 N–H and O–H groups in total. The van der Waals surface area contributed by atoms with E-state index in [9.17, 15) is 4.79 Å². The lowest BCUT2D eigenvalue weighted by Gasteiger charge is -2.16. The van der Waals surface area contributed by atoms with Crippen molar-refractivity contribution in [1.82, 2.24) is 4.90 Å². The van der Waals surface area contributed by atoms with Crippen LogP contribution < -0.4 is 15.2 Å². The molecule has 1 amide bonds. The summed E-state index contributed by atoms with van der Waals surface area (Å²) in [6.45, 7) is 5.09. The lowest BCUT2D eigenvalue weighted by Crippen LogP contribution is -2.30. The largest absolute Gasteiger partial charge is 0.497 e. The average molecular weight is 278 g/mol. The number of rotatable bonds is 6. The van der Waals surface area contributed by atoms with Gasteiger partial charge < -0.3 is 15.2 Å². The molecule has 1 fully saturated rings. The first-order valence-electron chi connectivity index (χ1n) is 6.88. The first-order valence-corrected chi connectivity index (χ1v) is 6.88. The number of hydrogen-bond acceptors (Lipinski definition) is 4. The highest BCUT2D eigenvalue weighted by Crippen LogP contribution is 2.22. The van der Waals surface area contributed by atoms with Gasteiger partial charge in [0.05, 0.1) is 13.0 Å². The van der Waals surface area contributed by atoms with Crippen molar-refractivity contribution in [3.05, 3.63) is 24.3 Å². The zero-order valence-electron chi connectivity index (χ0n) is 12.0. The molecule has 1 aliphatic heterocycles. The lowest BCUT2D eigenvalue weighted by molar-refractivity contribution is -0.122. The zero-order valence-corrected chi connectivity index (χ0v) is 12.0. The maximum atomic E-state index is 11.3. The van der Waals surface area contributed by atoms with E-state index in [1.54, 1.807) is 7.11 Å². The Morgan fingerprint density at radius 1 is 1.40 bits per heavy atom. The summed E-state index contributed by atoms with van der Waals surface area (Å²) in [5.74, 6) is 1.67. The molecule has 2 atom stereocenters. The van der Waals surface area contributed by atoms with Crippen LogP contribution in [0.2, 0.25) is 0 Å². The maximum absolute atomic E-state index is 11.3. The predicted octanol–water partition coefficient (Wildman–Crippen LogP) is 1.13. The van der Waals surface area contributed by atoms with Gasteiger partial charge in [0.1, 0.15) is 18.1 Å². The molecule has 0 bridgehead atoms. The summed E-state index contributed by atoms with van der Waals surface area (Å²) in [4.78, 5) is 13.5. The Labute approximate surface area is 119 Å². The molecule has 0 spiro atoms. The molecule has 5 heteroatoms. The van der Waals surface area contributed by atoms with Gasteiger partial charge in [-0.3, -0.25) is 9.69 Å². The Kier molecular flexibility index (Phi) is 4.84. The van der Waals surface area contributed by atoms with E-state index >= 15 is 0 Å². The van der Waals surface area contributed by atoms with Gasteiger partial charge in [-0.15, -0.1) is 0 Å². The van der Waals surface area contributed by atoms with Gasteiger partial charge in [0.15, 0.2) is 0 Å². The van der Waals surface area contributed by atoms with Gasteiger partial charge in [-0.1, -0.05) is 13.0 Å². The van der Waals surface area contributed by atoms with Gasteiger partial charge in [0.25, 0.3) is 0 Å². The first-order chi connectivity index (χ1) is 9.60. The quantitative estimate of drug-likeness (QED) is 0.847. The molecule has 0 unspecified atom stereocenters. The zero-order chi connectivity index (χ0) is 14.5. The third-order valence-electron chi connectivity index (χ3n) is 3.77. The summed E-state index contributed by atoms with van der Waals surface area (Å²) in [5.41, 5.74) is 5.39. The molecule has 1 aromatic rings. The van der Waals surface area contributed by atoms with Gasteiger partial charge in [0.2, 0.25) is 5.91 Å². The average Bonchev–Trinajstić information content (AvgIpc) is 2.80. The Morgan fingerprint density at radius 3 is 2.80 bits per heavy atom. The monoisotopic (exact) mass is 278 g/mol. The number of hydrogen-bond donors (Lipinski definition) is 1. The van der Waals surface area contributed by atoms with Crippen molar-refractivity contribution in [3.8, 4) is 11.5 Å². The van der Waals surface area contributed by atoms with Crippen molar-refractivity contribution in [2.45, 2.75) is 6.92 Å². The fourth-order valence-corrected chi connectivity index (χ4v) is 2.60. The van der Waals surface area contributed by atoms with E-state index in [1.165, 1.54) is 0 Å². The molecule has 2 rings (SSSR count). The summed E-state index contributed by atoms with van der Waals surface area (Å²) in [5, 5.41) is 0. The molecule has 0 aromatic heterocycles. The highest BCUT2D eigenvalue weighted by Gasteiger charge is 2.32. The summed E-state index contributed by atoms with van der Waals surface area (Å²) < 4.78 is 10.9. The minimum Gasteiger partial charge on any atom is -0.497 e. The molecule has 0 aliphatic carbocycles. The summed E-state index contributed by atoms with van der Waals surface area (Å²) in [6, 6.07) is 7.54. The molecule has 1 saturated heterocycles. The van der Waals surface area contributed by atoms with Crippen LogP contribution in [0.5, 0.6) is 11.5 Å². The smallest absolute Gasteiger partial charge is 0.222 e. The Hall–Kier alpha value is -1.75. The van der Waals surface area contributed by atoms with Crippen molar-refractivity contribution in [3.63, 3.8) is 0 Å². The SMILES string of the molecule is COc1cccc(OCCN2C[C@@H](C)[C@H](C(N)=O)C2)c1. The molecular weight excluding hydrogens is 256 g/mol. The van der Waals surface area contributed by atoms with Gasteiger partial charge in [0, 0.05) is 25.7 Å². The highest BCUT2D eigenvalue weighted by molar-refractivity contribution is 5.77. The van der Waals surface area contributed by atoms with Crippen molar-refractivity contribution in [1.29, 1.82) is 0 Å². The highest BCUT2D eigenvalue weighted by atomic mass is 16.5. The van der Waals surface area contributed by atoms with E-state index in [0.717, 1.165) is 31.1 Å². The Morgan fingerprint density at radius 2 is 2.15 bits per heavy atom. The second-order valence-corrected chi connectivity index (χ2v) is 5.27. The number of nitrogens with zero attached hydrogens (tertiary/aromatic N) is 1. The van der Waals surface area contributed by atoms with E-state index in [1.807, 2.05) is 24.3 Å². The van der Waals surface area contributed by atoms with Gasteiger partial charge in [-0.05, 0) is 18.1 Å². The number of benzene rings is 1. The number of methoxy groups -OCH3 is 1. The van der Waals surface area contributed by atoms with Crippen molar-refractivity contribution >= 4 is 5.91 Å². The van der Waals surface area contributed by atoms with Crippen LogP contribution in [0.25, 0.3) is 0 Å². The molecule has 1 aromatic carbocycles.